The van der Waals surface area contributed by atoms with Crippen molar-refractivity contribution in [1.82, 2.24) is 10.3 Å². The zero-order valence-electron chi connectivity index (χ0n) is 12.0. The highest BCUT2D eigenvalue weighted by Gasteiger charge is 2.08. The van der Waals surface area contributed by atoms with Crippen LogP contribution in [0.2, 0.25) is 0 Å². The van der Waals surface area contributed by atoms with Crippen molar-refractivity contribution in [3.05, 3.63) is 54.4 Å². The van der Waals surface area contributed by atoms with Gasteiger partial charge in [-0.1, -0.05) is 18.2 Å². The second kappa shape index (κ2) is 7.40. The second-order valence-electron chi connectivity index (χ2n) is 4.81. The van der Waals surface area contributed by atoms with Crippen molar-refractivity contribution in [2.45, 2.75) is 19.4 Å². The first kappa shape index (κ1) is 15.0. The fraction of sp³-hybridized carbons (Fsp3) is 0.250. The van der Waals surface area contributed by atoms with Crippen molar-refractivity contribution >= 4 is 5.91 Å². The number of para-hydroxylation sites is 1. The van der Waals surface area contributed by atoms with Crippen LogP contribution in [0.25, 0.3) is 0 Å². The molecule has 0 bridgehead atoms. The van der Waals surface area contributed by atoms with Crippen LogP contribution >= 0.6 is 0 Å². The highest BCUT2D eigenvalue weighted by atomic mass is 16.5. The predicted molar refractivity (Wildman–Crippen MR) is 81.4 cm³/mol. The molecule has 0 aliphatic rings. The maximum Gasteiger partial charge on any atom is 0.270 e. The van der Waals surface area contributed by atoms with E-state index in [4.69, 9.17) is 10.5 Å². The van der Waals surface area contributed by atoms with Gasteiger partial charge in [-0.2, -0.15) is 0 Å². The molecule has 2 aromatic rings. The summed E-state index contributed by atoms with van der Waals surface area (Å²) in [5.41, 5.74) is 5.97. The number of rotatable bonds is 6. The third-order valence-corrected chi connectivity index (χ3v) is 2.83. The van der Waals surface area contributed by atoms with Gasteiger partial charge in [0, 0.05) is 24.8 Å². The summed E-state index contributed by atoms with van der Waals surface area (Å²) >= 11 is 0. The third-order valence-electron chi connectivity index (χ3n) is 2.83. The van der Waals surface area contributed by atoms with Crippen LogP contribution in [-0.2, 0) is 0 Å². The van der Waals surface area contributed by atoms with Crippen molar-refractivity contribution in [1.29, 1.82) is 0 Å². The maximum absolute atomic E-state index is 12.0. The number of nitrogens with zero attached hydrogens (tertiary/aromatic N) is 1. The van der Waals surface area contributed by atoms with Gasteiger partial charge in [0.05, 0.1) is 0 Å². The Bertz CT molecular complexity index is 585. The average molecular weight is 285 g/mol. The largest absolute Gasteiger partial charge is 0.457 e. The summed E-state index contributed by atoms with van der Waals surface area (Å²) in [4.78, 5) is 16.0. The molecule has 2 rings (SSSR count). The lowest BCUT2D eigenvalue weighted by Gasteiger charge is -2.08. The first-order chi connectivity index (χ1) is 10.1. The highest BCUT2D eigenvalue weighted by molar-refractivity contribution is 5.92. The summed E-state index contributed by atoms with van der Waals surface area (Å²) in [6.07, 6.45) is 2.28. The minimum atomic E-state index is -0.228. The SMILES string of the molecule is CC(N)CCNC(=O)c1cc(Oc2ccccc2)ccn1. The number of nitrogens with one attached hydrogen (secondary N) is 1. The number of hydrogen-bond donors (Lipinski definition) is 2. The Kier molecular flexibility index (Phi) is 5.29. The van der Waals surface area contributed by atoms with Crippen LogP contribution < -0.4 is 15.8 Å². The fourth-order valence-corrected chi connectivity index (χ4v) is 1.73. The van der Waals surface area contributed by atoms with Gasteiger partial charge >= 0.3 is 0 Å². The Morgan fingerprint density at radius 2 is 2.05 bits per heavy atom. The van der Waals surface area contributed by atoms with E-state index in [1.54, 1.807) is 18.3 Å². The molecule has 0 aliphatic heterocycles. The van der Waals surface area contributed by atoms with Crippen molar-refractivity contribution in [2.75, 3.05) is 6.54 Å². The van der Waals surface area contributed by atoms with Crippen LogP contribution in [0.3, 0.4) is 0 Å². The normalized spacial score (nSPS) is 11.7. The molecule has 5 nitrogen and oxygen atoms in total. The van der Waals surface area contributed by atoms with Crippen molar-refractivity contribution in [3.63, 3.8) is 0 Å². The van der Waals surface area contributed by atoms with E-state index in [0.717, 1.165) is 6.42 Å². The van der Waals surface area contributed by atoms with Gasteiger partial charge in [0.15, 0.2) is 0 Å². The van der Waals surface area contributed by atoms with Crippen LogP contribution in [0, 0.1) is 0 Å². The molecular formula is C16H19N3O2. The number of hydrogen-bond acceptors (Lipinski definition) is 4. The molecule has 1 aromatic heterocycles. The Balaban J connectivity index is 1.98. The Morgan fingerprint density at radius 1 is 1.29 bits per heavy atom. The topological polar surface area (TPSA) is 77.2 Å². The van der Waals surface area contributed by atoms with E-state index in [9.17, 15) is 4.79 Å². The van der Waals surface area contributed by atoms with Gasteiger partial charge in [0.25, 0.3) is 5.91 Å². The number of carbonyl (C=O) groups is 1. The predicted octanol–water partition coefficient (Wildman–Crippen LogP) is 2.34. The monoisotopic (exact) mass is 285 g/mol. The Morgan fingerprint density at radius 3 is 2.76 bits per heavy atom. The first-order valence-electron chi connectivity index (χ1n) is 6.88. The summed E-state index contributed by atoms with van der Waals surface area (Å²) in [6, 6.07) is 12.8. The average Bonchev–Trinajstić information content (AvgIpc) is 2.48. The quantitative estimate of drug-likeness (QED) is 0.854. The molecule has 1 unspecified atom stereocenters. The number of pyridine rings is 1. The standard InChI is InChI=1S/C16H19N3O2/c1-12(17)7-9-19-16(20)15-11-14(8-10-18-15)21-13-5-3-2-4-6-13/h2-6,8,10-12H,7,9,17H2,1H3,(H,19,20). The fourth-order valence-electron chi connectivity index (χ4n) is 1.73. The molecule has 0 radical (unpaired) electrons. The zero-order valence-corrected chi connectivity index (χ0v) is 12.0. The van der Waals surface area contributed by atoms with Gasteiger partial charge in [-0.15, -0.1) is 0 Å². The van der Waals surface area contributed by atoms with Crippen LogP contribution in [0.5, 0.6) is 11.5 Å². The Labute approximate surface area is 124 Å². The molecule has 1 heterocycles. The first-order valence-corrected chi connectivity index (χ1v) is 6.88. The molecule has 110 valence electrons. The lowest BCUT2D eigenvalue weighted by atomic mass is 10.2. The summed E-state index contributed by atoms with van der Waals surface area (Å²) in [5.74, 6) is 1.06. The molecule has 0 aliphatic carbocycles. The highest BCUT2D eigenvalue weighted by Crippen LogP contribution is 2.20. The van der Waals surface area contributed by atoms with E-state index in [0.29, 0.717) is 23.7 Å². The molecule has 1 aromatic carbocycles. The molecule has 0 fully saturated rings. The molecular weight excluding hydrogens is 266 g/mol. The number of amides is 1. The summed E-state index contributed by atoms with van der Waals surface area (Å²) in [6.45, 7) is 2.43. The van der Waals surface area contributed by atoms with E-state index in [1.165, 1.54) is 0 Å². The van der Waals surface area contributed by atoms with E-state index in [1.807, 2.05) is 37.3 Å². The summed E-state index contributed by atoms with van der Waals surface area (Å²) < 4.78 is 5.67. The Hall–Kier alpha value is -2.40. The van der Waals surface area contributed by atoms with Gasteiger partial charge in [-0.05, 0) is 31.5 Å². The lowest BCUT2D eigenvalue weighted by Crippen LogP contribution is -2.29. The van der Waals surface area contributed by atoms with Gasteiger partial charge in [-0.25, -0.2) is 0 Å². The lowest BCUT2D eigenvalue weighted by molar-refractivity contribution is 0.0947. The van der Waals surface area contributed by atoms with Crippen molar-refractivity contribution in [3.8, 4) is 11.5 Å². The van der Waals surface area contributed by atoms with Crippen LogP contribution in [0.1, 0.15) is 23.8 Å². The van der Waals surface area contributed by atoms with Gasteiger partial charge in [0.2, 0.25) is 0 Å². The second-order valence-corrected chi connectivity index (χ2v) is 4.81. The van der Waals surface area contributed by atoms with Crippen LogP contribution in [0.4, 0.5) is 0 Å². The molecule has 3 N–H and O–H groups in total. The van der Waals surface area contributed by atoms with Gasteiger partial charge < -0.3 is 15.8 Å². The molecule has 5 heteroatoms. The van der Waals surface area contributed by atoms with Crippen molar-refractivity contribution < 1.29 is 9.53 Å². The molecule has 21 heavy (non-hydrogen) atoms. The number of nitrogens with two attached hydrogens (primary N) is 1. The van der Waals surface area contributed by atoms with E-state index in [2.05, 4.69) is 10.3 Å². The third kappa shape index (κ3) is 4.89. The molecule has 0 saturated heterocycles. The van der Waals surface area contributed by atoms with Crippen LogP contribution in [-0.4, -0.2) is 23.5 Å². The minimum absolute atomic E-state index is 0.0611. The summed E-state index contributed by atoms with van der Waals surface area (Å²) in [7, 11) is 0. The molecule has 1 atom stereocenters. The van der Waals surface area contributed by atoms with E-state index < -0.39 is 0 Å². The smallest absolute Gasteiger partial charge is 0.270 e. The molecule has 0 spiro atoms. The zero-order chi connectivity index (χ0) is 15.1. The molecule has 0 saturated carbocycles. The number of benzene rings is 1. The maximum atomic E-state index is 12.0. The van der Waals surface area contributed by atoms with Crippen LogP contribution in [0.15, 0.2) is 48.7 Å². The minimum Gasteiger partial charge on any atom is -0.457 e. The van der Waals surface area contributed by atoms with Gasteiger partial charge in [0.1, 0.15) is 17.2 Å². The van der Waals surface area contributed by atoms with E-state index in [-0.39, 0.29) is 11.9 Å². The van der Waals surface area contributed by atoms with Crippen molar-refractivity contribution in [2.24, 2.45) is 5.73 Å². The van der Waals surface area contributed by atoms with Gasteiger partial charge in [-0.3, -0.25) is 9.78 Å². The number of ether oxygens (including phenoxy) is 1. The number of aromatic nitrogens is 1. The molecule has 1 amide bonds. The summed E-state index contributed by atoms with van der Waals surface area (Å²) in [5, 5.41) is 2.78. The van der Waals surface area contributed by atoms with E-state index >= 15 is 0 Å². The number of carbonyl (C=O) groups excluding carboxylic acids is 1.